The lowest BCUT2D eigenvalue weighted by Gasteiger charge is -2.33. The van der Waals surface area contributed by atoms with E-state index in [0.29, 0.717) is 48.8 Å². The summed E-state index contributed by atoms with van der Waals surface area (Å²) < 4.78 is 23.8. The summed E-state index contributed by atoms with van der Waals surface area (Å²) in [5.74, 6) is 0.822. The first-order valence-corrected chi connectivity index (χ1v) is 11.3. The van der Waals surface area contributed by atoms with Crippen molar-refractivity contribution in [1.82, 2.24) is 18.9 Å². The number of hydrogen-bond acceptors (Lipinski definition) is 6. The van der Waals surface area contributed by atoms with Crippen LogP contribution in [0.2, 0.25) is 0 Å². The molecule has 1 unspecified atom stereocenters. The van der Waals surface area contributed by atoms with Gasteiger partial charge in [0.15, 0.2) is 5.65 Å². The summed E-state index contributed by atoms with van der Waals surface area (Å²) in [5, 5.41) is 17.5. The fourth-order valence-corrected chi connectivity index (χ4v) is 4.13. The lowest BCUT2D eigenvalue weighted by molar-refractivity contribution is 0.0785. The normalized spacial score (nSPS) is 16.3. The Bertz CT molecular complexity index is 1160. The minimum absolute atomic E-state index is 0.313. The SMILES string of the molecule is Cc1cc2nc(NC(=O)c3ccc(C(C)(C)O)cc3)cc(N3CCN(S(=O)O)CC3)n2n1. The fourth-order valence-electron chi connectivity index (χ4n) is 3.65. The number of aryl methyl sites for hydroxylation is 1. The van der Waals surface area contributed by atoms with Crippen molar-refractivity contribution in [3.63, 3.8) is 0 Å². The van der Waals surface area contributed by atoms with E-state index in [1.54, 1.807) is 48.7 Å². The first-order chi connectivity index (χ1) is 15.1. The number of nitrogens with one attached hydrogen (secondary N) is 1. The van der Waals surface area contributed by atoms with E-state index in [2.05, 4.69) is 20.3 Å². The van der Waals surface area contributed by atoms with Gasteiger partial charge in [0, 0.05) is 43.9 Å². The molecule has 1 aliphatic rings. The third-order valence-corrected chi connectivity index (χ3v) is 6.22. The Kier molecular flexibility index (Phi) is 5.99. The number of rotatable bonds is 5. The number of benzene rings is 1. The van der Waals surface area contributed by atoms with Gasteiger partial charge in [-0.05, 0) is 38.5 Å². The summed E-state index contributed by atoms with van der Waals surface area (Å²) in [6, 6.07) is 10.4. The number of hydrogen-bond donors (Lipinski definition) is 3. The molecular formula is C21H26N6O4S. The van der Waals surface area contributed by atoms with Crippen LogP contribution in [0.3, 0.4) is 0 Å². The van der Waals surface area contributed by atoms with Crippen LogP contribution in [0, 0.1) is 6.92 Å². The van der Waals surface area contributed by atoms with Crippen molar-refractivity contribution in [1.29, 1.82) is 0 Å². The molecule has 0 radical (unpaired) electrons. The highest BCUT2D eigenvalue weighted by atomic mass is 32.2. The van der Waals surface area contributed by atoms with Gasteiger partial charge in [-0.25, -0.2) is 9.19 Å². The Balaban J connectivity index is 1.59. The number of nitrogens with zero attached hydrogens (tertiary/aromatic N) is 5. The third-order valence-electron chi connectivity index (χ3n) is 5.41. The van der Waals surface area contributed by atoms with Gasteiger partial charge in [-0.15, -0.1) is 0 Å². The quantitative estimate of drug-likeness (QED) is 0.498. The molecule has 10 nitrogen and oxygen atoms in total. The van der Waals surface area contributed by atoms with Gasteiger partial charge in [0.05, 0.1) is 11.3 Å². The lowest BCUT2D eigenvalue weighted by Crippen LogP contribution is -2.47. The first-order valence-electron chi connectivity index (χ1n) is 10.2. The highest BCUT2D eigenvalue weighted by Crippen LogP contribution is 2.24. The Morgan fingerprint density at radius 2 is 1.78 bits per heavy atom. The van der Waals surface area contributed by atoms with E-state index in [-0.39, 0.29) is 5.91 Å². The molecular weight excluding hydrogens is 432 g/mol. The predicted molar refractivity (Wildman–Crippen MR) is 122 cm³/mol. The zero-order chi connectivity index (χ0) is 23.0. The van der Waals surface area contributed by atoms with Gasteiger partial charge in [-0.3, -0.25) is 9.35 Å². The largest absolute Gasteiger partial charge is 0.386 e. The summed E-state index contributed by atoms with van der Waals surface area (Å²) >= 11 is -1.99. The van der Waals surface area contributed by atoms with Crippen molar-refractivity contribution in [2.45, 2.75) is 26.4 Å². The smallest absolute Gasteiger partial charge is 0.256 e. The molecule has 170 valence electrons. The zero-order valence-electron chi connectivity index (χ0n) is 18.1. The van der Waals surface area contributed by atoms with E-state index in [1.165, 1.54) is 4.31 Å². The number of aromatic nitrogens is 3. The van der Waals surface area contributed by atoms with E-state index in [9.17, 15) is 18.7 Å². The van der Waals surface area contributed by atoms with Gasteiger partial charge in [-0.1, -0.05) is 12.1 Å². The number of piperazine rings is 1. The highest BCUT2D eigenvalue weighted by molar-refractivity contribution is 7.76. The van der Waals surface area contributed by atoms with E-state index >= 15 is 0 Å². The average molecular weight is 459 g/mol. The molecule has 3 aromatic rings. The topological polar surface area (TPSA) is 123 Å². The minimum atomic E-state index is -1.99. The van der Waals surface area contributed by atoms with Crippen molar-refractivity contribution >= 4 is 34.5 Å². The summed E-state index contributed by atoms with van der Waals surface area (Å²) in [4.78, 5) is 19.4. The molecule has 1 atom stereocenters. The van der Waals surface area contributed by atoms with Gasteiger partial charge in [-0.2, -0.15) is 13.9 Å². The number of carbonyl (C=O) groups is 1. The van der Waals surface area contributed by atoms with E-state index < -0.39 is 16.9 Å². The van der Waals surface area contributed by atoms with Crippen LogP contribution in [0.15, 0.2) is 36.4 Å². The summed E-state index contributed by atoms with van der Waals surface area (Å²) in [6.45, 7) is 7.19. The molecule has 11 heteroatoms. The second-order valence-corrected chi connectivity index (χ2v) is 9.27. The first kappa shape index (κ1) is 22.3. The van der Waals surface area contributed by atoms with Gasteiger partial charge in [0.25, 0.3) is 5.91 Å². The van der Waals surface area contributed by atoms with Gasteiger partial charge < -0.3 is 15.3 Å². The molecule has 1 aromatic carbocycles. The molecule has 1 saturated heterocycles. The Labute approximate surface area is 188 Å². The average Bonchev–Trinajstić information content (AvgIpc) is 3.12. The van der Waals surface area contributed by atoms with Crippen LogP contribution in [-0.2, 0) is 16.9 Å². The molecule has 1 amide bonds. The monoisotopic (exact) mass is 458 g/mol. The van der Waals surface area contributed by atoms with Crippen molar-refractivity contribution in [3.05, 3.63) is 53.2 Å². The summed E-state index contributed by atoms with van der Waals surface area (Å²) in [6.07, 6.45) is 0. The third kappa shape index (κ3) is 4.65. The van der Waals surface area contributed by atoms with Crippen LogP contribution in [-0.4, -0.2) is 64.9 Å². The summed E-state index contributed by atoms with van der Waals surface area (Å²) in [5.41, 5.74) is 1.57. The molecule has 2 aromatic heterocycles. The van der Waals surface area contributed by atoms with Crippen molar-refractivity contribution < 1.29 is 18.7 Å². The maximum atomic E-state index is 12.8. The molecule has 3 N–H and O–H groups in total. The fraction of sp³-hybridized carbons (Fsp3) is 0.381. The van der Waals surface area contributed by atoms with Crippen molar-refractivity contribution in [2.24, 2.45) is 0 Å². The number of fused-ring (bicyclic) bond motifs is 1. The Hall–Kier alpha value is -2.86. The number of amides is 1. The minimum Gasteiger partial charge on any atom is -0.386 e. The van der Waals surface area contributed by atoms with Crippen LogP contribution >= 0.6 is 0 Å². The van der Waals surface area contributed by atoms with Crippen LogP contribution in [0.1, 0.15) is 35.5 Å². The zero-order valence-corrected chi connectivity index (χ0v) is 19.0. The standard InChI is InChI=1S/C21H26N6O4S/c1-14-12-18-22-17(23-20(28)15-4-6-16(7-5-15)21(2,3)29)13-19(27(18)24-14)25-8-10-26(11-9-25)32(30)31/h4-7,12-13,29H,8-11H2,1-3H3,(H,30,31)(H,22,23,28). The number of anilines is 2. The molecule has 0 spiro atoms. The molecule has 4 rings (SSSR count). The molecule has 0 aliphatic carbocycles. The Morgan fingerprint density at radius 3 is 2.38 bits per heavy atom. The van der Waals surface area contributed by atoms with Crippen LogP contribution in [0.5, 0.6) is 0 Å². The maximum absolute atomic E-state index is 12.8. The second kappa shape index (κ2) is 8.58. The molecule has 0 saturated carbocycles. The van der Waals surface area contributed by atoms with E-state index in [0.717, 1.165) is 11.5 Å². The molecule has 1 aliphatic heterocycles. The van der Waals surface area contributed by atoms with Gasteiger partial charge in [0.1, 0.15) is 11.6 Å². The second-order valence-electron chi connectivity index (χ2n) is 8.29. The highest BCUT2D eigenvalue weighted by Gasteiger charge is 2.24. The van der Waals surface area contributed by atoms with Crippen LogP contribution < -0.4 is 10.2 Å². The number of carbonyl (C=O) groups excluding carboxylic acids is 1. The van der Waals surface area contributed by atoms with Crippen molar-refractivity contribution in [2.75, 3.05) is 36.4 Å². The van der Waals surface area contributed by atoms with Gasteiger partial charge in [0.2, 0.25) is 11.3 Å². The molecule has 3 heterocycles. The molecule has 1 fully saturated rings. The van der Waals surface area contributed by atoms with E-state index in [4.69, 9.17) is 0 Å². The number of aliphatic hydroxyl groups is 1. The van der Waals surface area contributed by atoms with Crippen LogP contribution in [0.25, 0.3) is 5.65 Å². The predicted octanol–water partition coefficient (Wildman–Crippen LogP) is 1.78. The maximum Gasteiger partial charge on any atom is 0.256 e. The summed E-state index contributed by atoms with van der Waals surface area (Å²) in [7, 11) is 0. The van der Waals surface area contributed by atoms with Gasteiger partial charge >= 0.3 is 0 Å². The van der Waals surface area contributed by atoms with E-state index in [1.807, 2.05) is 13.0 Å². The van der Waals surface area contributed by atoms with Crippen LogP contribution in [0.4, 0.5) is 11.6 Å². The molecule has 32 heavy (non-hydrogen) atoms. The van der Waals surface area contributed by atoms with Crippen molar-refractivity contribution in [3.8, 4) is 0 Å². The molecule has 0 bridgehead atoms. The lowest BCUT2D eigenvalue weighted by atomic mass is 9.97. The Morgan fingerprint density at radius 1 is 1.12 bits per heavy atom.